The lowest BCUT2D eigenvalue weighted by molar-refractivity contribution is -0.123. The van der Waals surface area contributed by atoms with Crippen molar-refractivity contribution in [3.8, 4) is 0 Å². The molecule has 0 aromatic carbocycles. The molecule has 0 bridgehead atoms. The average Bonchev–Trinajstić information content (AvgIpc) is 2.79. The summed E-state index contributed by atoms with van der Waals surface area (Å²) in [7, 11) is 0. The maximum absolute atomic E-state index is 12.1. The molecule has 0 spiro atoms. The fourth-order valence-corrected chi connectivity index (χ4v) is 2.38. The minimum atomic E-state index is -0.398. The minimum Gasteiger partial charge on any atom is -0.355 e. The number of hydrogen-bond donors (Lipinski definition) is 1. The molecular formula is C14H19ClN4O. The highest BCUT2D eigenvalue weighted by Gasteiger charge is 2.24. The van der Waals surface area contributed by atoms with Crippen LogP contribution in [0.25, 0.3) is 11.2 Å². The second-order valence-corrected chi connectivity index (χ2v) is 5.48. The highest BCUT2D eigenvalue weighted by atomic mass is 35.5. The second-order valence-electron chi connectivity index (χ2n) is 4.83. The van der Waals surface area contributed by atoms with Gasteiger partial charge in [-0.1, -0.05) is 0 Å². The molecule has 2 heterocycles. The van der Waals surface area contributed by atoms with E-state index in [4.69, 9.17) is 11.6 Å². The van der Waals surface area contributed by atoms with Gasteiger partial charge in [0, 0.05) is 12.7 Å². The fraction of sp³-hybridized carbons (Fsp3) is 0.500. The zero-order valence-electron chi connectivity index (χ0n) is 12.1. The summed E-state index contributed by atoms with van der Waals surface area (Å²) in [5, 5.41) is 2.53. The third-order valence-corrected chi connectivity index (χ3v) is 3.48. The Kier molecular flexibility index (Phi) is 4.28. The summed E-state index contributed by atoms with van der Waals surface area (Å²) in [5.41, 5.74) is 2.52. The third kappa shape index (κ3) is 2.50. The van der Waals surface area contributed by atoms with E-state index >= 15 is 0 Å². The molecule has 2 rings (SSSR count). The first-order valence-electron chi connectivity index (χ1n) is 6.72. The van der Waals surface area contributed by atoms with Crippen LogP contribution in [-0.4, -0.2) is 27.0 Å². The smallest absolute Gasteiger partial charge is 0.242 e. The lowest BCUT2D eigenvalue weighted by atomic mass is 10.2. The predicted octanol–water partition coefficient (Wildman–Crippen LogP) is 2.74. The van der Waals surface area contributed by atoms with Gasteiger partial charge in [-0.3, -0.25) is 9.36 Å². The number of aromatic nitrogens is 3. The number of alkyl halides is 1. The van der Waals surface area contributed by atoms with Crippen LogP contribution in [0.4, 0.5) is 0 Å². The van der Waals surface area contributed by atoms with Crippen LogP contribution in [0.2, 0.25) is 0 Å². The molecule has 1 amide bonds. The molecule has 2 aromatic heterocycles. The summed E-state index contributed by atoms with van der Waals surface area (Å²) in [4.78, 5) is 21.0. The number of halogens is 1. The van der Waals surface area contributed by atoms with Crippen molar-refractivity contribution in [2.45, 2.75) is 39.1 Å². The van der Waals surface area contributed by atoms with Crippen LogP contribution in [0.1, 0.15) is 43.6 Å². The van der Waals surface area contributed by atoms with Gasteiger partial charge >= 0.3 is 0 Å². The highest BCUT2D eigenvalue weighted by molar-refractivity contribution is 6.20. The predicted molar refractivity (Wildman–Crippen MR) is 79.9 cm³/mol. The molecule has 0 aliphatic carbocycles. The number of carbonyl (C=O) groups excluding carboxylic acids is 1. The molecule has 0 saturated heterocycles. The number of pyridine rings is 1. The van der Waals surface area contributed by atoms with E-state index in [2.05, 4.69) is 15.3 Å². The van der Waals surface area contributed by atoms with Gasteiger partial charge in [0.05, 0.1) is 5.38 Å². The molecule has 0 aliphatic rings. The van der Waals surface area contributed by atoms with E-state index in [9.17, 15) is 4.79 Å². The number of hydrogen-bond acceptors (Lipinski definition) is 3. The summed E-state index contributed by atoms with van der Waals surface area (Å²) in [6, 6.07) is 1.50. The van der Waals surface area contributed by atoms with Gasteiger partial charge in [-0.2, -0.15) is 0 Å². The zero-order chi connectivity index (χ0) is 14.9. The topological polar surface area (TPSA) is 59.8 Å². The molecule has 2 aromatic rings. The van der Waals surface area contributed by atoms with Crippen molar-refractivity contribution in [3.63, 3.8) is 0 Å². The Labute approximate surface area is 123 Å². The van der Waals surface area contributed by atoms with Gasteiger partial charge in [0.2, 0.25) is 5.91 Å². The van der Waals surface area contributed by atoms with E-state index in [1.807, 2.05) is 38.3 Å². The van der Waals surface area contributed by atoms with Crippen molar-refractivity contribution >= 4 is 28.7 Å². The van der Waals surface area contributed by atoms with E-state index in [0.717, 1.165) is 11.1 Å². The molecule has 2 unspecified atom stereocenters. The maximum atomic E-state index is 12.1. The lowest BCUT2D eigenvalue weighted by Gasteiger charge is -2.17. The van der Waals surface area contributed by atoms with Crippen LogP contribution in [0, 0.1) is 6.92 Å². The van der Waals surface area contributed by atoms with Crippen molar-refractivity contribution in [1.29, 1.82) is 0 Å². The Bertz CT molecular complexity index is 635. The van der Waals surface area contributed by atoms with Crippen LogP contribution in [0.3, 0.4) is 0 Å². The van der Waals surface area contributed by atoms with Crippen molar-refractivity contribution in [2.75, 3.05) is 6.54 Å². The number of amides is 1. The maximum Gasteiger partial charge on any atom is 0.242 e. The zero-order valence-corrected chi connectivity index (χ0v) is 12.9. The van der Waals surface area contributed by atoms with Gasteiger partial charge in [0.15, 0.2) is 5.65 Å². The molecule has 0 saturated carbocycles. The van der Waals surface area contributed by atoms with Crippen molar-refractivity contribution < 1.29 is 4.79 Å². The monoisotopic (exact) mass is 294 g/mol. The van der Waals surface area contributed by atoms with Gasteiger partial charge in [-0.25, -0.2) is 9.97 Å². The van der Waals surface area contributed by atoms with Crippen molar-refractivity contribution in [1.82, 2.24) is 19.9 Å². The molecule has 20 heavy (non-hydrogen) atoms. The summed E-state index contributed by atoms with van der Waals surface area (Å²) < 4.78 is 1.82. The van der Waals surface area contributed by atoms with Gasteiger partial charge in [0.25, 0.3) is 0 Å². The molecule has 0 fully saturated rings. The summed E-state index contributed by atoms with van der Waals surface area (Å²) in [6.45, 7) is 8.14. The summed E-state index contributed by atoms with van der Waals surface area (Å²) in [6.07, 6.45) is 1.73. The summed E-state index contributed by atoms with van der Waals surface area (Å²) in [5.74, 6) is 0.607. The molecule has 1 N–H and O–H groups in total. The minimum absolute atomic E-state index is 0.0614. The first-order valence-corrected chi connectivity index (χ1v) is 7.16. The highest BCUT2D eigenvalue weighted by Crippen LogP contribution is 2.28. The van der Waals surface area contributed by atoms with Crippen LogP contribution >= 0.6 is 11.6 Å². The SMILES string of the molecule is CCNC(=O)C(C)n1c(C(C)Cl)nc2c(C)ccnc21. The van der Waals surface area contributed by atoms with E-state index in [1.54, 1.807) is 6.20 Å². The third-order valence-electron chi connectivity index (χ3n) is 3.28. The van der Waals surface area contributed by atoms with Crippen LogP contribution < -0.4 is 5.32 Å². The van der Waals surface area contributed by atoms with Crippen LogP contribution in [0.5, 0.6) is 0 Å². The Hall–Kier alpha value is -1.62. The molecular weight excluding hydrogens is 276 g/mol. The number of nitrogens with zero attached hydrogens (tertiary/aromatic N) is 3. The van der Waals surface area contributed by atoms with Crippen molar-refractivity contribution in [2.24, 2.45) is 0 Å². The quantitative estimate of drug-likeness (QED) is 0.882. The first kappa shape index (κ1) is 14.8. The van der Waals surface area contributed by atoms with Gasteiger partial charge in [0.1, 0.15) is 17.4 Å². The molecule has 108 valence electrons. The standard InChI is InChI=1S/C14H19ClN4O/c1-5-16-14(20)10(4)19-12(9(3)15)18-11-8(2)6-7-17-13(11)19/h6-7,9-10H,5H2,1-4H3,(H,16,20). The summed E-state index contributed by atoms with van der Waals surface area (Å²) >= 11 is 6.22. The second kappa shape index (κ2) is 5.79. The molecule has 6 heteroatoms. The first-order chi connectivity index (χ1) is 9.47. The fourth-order valence-electron chi connectivity index (χ4n) is 2.23. The normalized spacial score (nSPS) is 14.2. The van der Waals surface area contributed by atoms with Gasteiger partial charge in [-0.15, -0.1) is 11.6 Å². The Morgan fingerprint density at radius 2 is 2.20 bits per heavy atom. The van der Waals surface area contributed by atoms with E-state index in [1.165, 1.54) is 0 Å². The molecule has 2 atom stereocenters. The number of fused-ring (bicyclic) bond motifs is 1. The number of aryl methyl sites for hydroxylation is 1. The lowest BCUT2D eigenvalue weighted by Crippen LogP contribution is -2.31. The van der Waals surface area contributed by atoms with Gasteiger partial charge in [-0.05, 0) is 39.3 Å². The molecule has 5 nitrogen and oxygen atoms in total. The number of likely N-dealkylation sites (N-methyl/N-ethyl adjacent to an activating group) is 1. The van der Waals surface area contributed by atoms with E-state index in [-0.39, 0.29) is 11.3 Å². The van der Waals surface area contributed by atoms with Crippen LogP contribution in [-0.2, 0) is 4.79 Å². The van der Waals surface area contributed by atoms with Gasteiger partial charge < -0.3 is 5.32 Å². The van der Waals surface area contributed by atoms with E-state index < -0.39 is 6.04 Å². The number of carbonyl (C=O) groups is 1. The van der Waals surface area contributed by atoms with Crippen molar-refractivity contribution in [3.05, 3.63) is 23.7 Å². The number of imidazole rings is 1. The Morgan fingerprint density at radius 3 is 2.80 bits per heavy atom. The number of rotatable bonds is 4. The Balaban J connectivity index is 2.63. The number of nitrogens with one attached hydrogen (secondary N) is 1. The van der Waals surface area contributed by atoms with Crippen LogP contribution in [0.15, 0.2) is 12.3 Å². The van der Waals surface area contributed by atoms with E-state index in [0.29, 0.717) is 18.0 Å². The largest absolute Gasteiger partial charge is 0.355 e. The average molecular weight is 295 g/mol. The Morgan fingerprint density at radius 1 is 1.50 bits per heavy atom. The molecule has 0 aliphatic heterocycles. The molecule has 0 radical (unpaired) electrons.